The van der Waals surface area contributed by atoms with Crippen molar-refractivity contribution < 1.29 is 23.8 Å². The van der Waals surface area contributed by atoms with Crippen molar-refractivity contribution in [3.05, 3.63) is 58.4 Å². The molecule has 2 heterocycles. The van der Waals surface area contributed by atoms with Crippen LogP contribution in [0.5, 0.6) is 11.5 Å². The van der Waals surface area contributed by atoms with Gasteiger partial charge in [-0.05, 0) is 35.9 Å². The average molecular weight is 559 g/mol. The monoisotopic (exact) mass is 558 g/mol. The predicted molar refractivity (Wildman–Crippen MR) is 145 cm³/mol. The molecule has 0 radical (unpaired) electrons. The zero-order valence-electron chi connectivity index (χ0n) is 20.4. The van der Waals surface area contributed by atoms with E-state index in [0.29, 0.717) is 49.2 Å². The highest BCUT2D eigenvalue weighted by molar-refractivity contribution is 7.99. The summed E-state index contributed by atoms with van der Waals surface area (Å²) in [6, 6.07) is 12.5. The Morgan fingerprint density at radius 2 is 1.81 bits per heavy atom. The Labute approximate surface area is 226 Å². The zero-order chi connectivity index (χ0) is 26.5. The summed E-state index contributed by atoms with van der Waals surface area (Å²) in [5.74, 6) is 1.07. The van der Waals surface area contributed by atoms with Gasteiger partial charge in [-0.3, -0.25) is 4.79 Å². The van der Waals surface area contributed by atoms with E-state index in [2.05, 4.69) is 15.5 Å². The molecule has 1 N–H and O–H groups in total. The molecule has 4 rings (SSSR count). The van der Waals surface area contributed by atoms with Gasteiger partial charge in [-0.1, -0.05) is 35.5 Å². The third-order valence-corrected chi connectivity index (χ3v) is 7.55. The Morgan fingerprint density at radius 3 is 2.49 bits per heavy atom. The zero-order valence-corrected chi connectivity index (χ0v) is 22.8. The number of methoxy groups -OCH3 is 3. The summed E-state index contributed by atoms with van der Waals surface area (Å²) in [6.45, 7) is 0. The molecular weight excluding hydrogens is 536 g/mol. The number of aromatic nitrogens is 3. The van der Waals surface area contributed by atoms with Gasteiger partial charge in [0, 0.05) is 23.0 Å². The predicted octanol–water partition coefficient (Wildman–Crippen LogP) is 5.40. The molecule has 9 nitrogen and oxygen atoms in total. The van der Waals surface area contributed by atoms with E-state index in [4.69, 9.17) is 25.8 Å². The summed E-state index contributed by atoms with van der Waals surface area (Å²) in [5, 5.41) is 14.6. The fraction of sp³-hybridized carbons (Fsp3) is 0.200. The molecule has 0 bridgehead atoms. The molecule has 12 heteroatoms. The number of esters is 1. The number of anilines is 1. The van der Waals surface area contributed by atoms with E-state index in [-0.39, 0.29) is 11.7 Å². The highest BCUT2D eigenvalue weighted by atomic mass is 35.5. The van der Waals surface area contributed by atoms with Crippen molar-refractivity contribution in [3.8, 4) is 34.0 Å². The normalized spacial score (nSPS) is 10.7. The van der Waals surface area contributed by atoms with E-state index in [0.717, 1.165) is 5.56 Å². The second-order valence-corrected chi connectivity index (χ2v) is 9.88. The molecular formula is C25H23ClN4O5S2. The van der Waals surface area contributed by atoms with Gasteiger partial charge in [-0.25, -0.2) is 4.79 Å². The fourth-order valence-corrected chi connectivity index (χ4v) is 5.42. The second-order valence-electron chi connectivity index (χ2n) is 7.62. The van der Waals surface area contributed by atoms with Gasteiger partial charge >= 0.3 is 5.97 Å². The first-order valence-electron chi connectivity index (χ1n) is 10.9. The van der Waals surface area contributed by atoms with E-state index >= 15 is 0 Å². The molecule has 0 fully saturated rings. The number of halogens is 1. The number of hydrogen-bond acceptors (Lipinski definition) is 9. The van der Waals surface area contributed by atoms with Crippen LogP contribution in [0.4, 0.5) is 5.00 Å². The van der Waals surface area contributed by atoms with Crippen molar-refractivity contribution in [3.63, 3.8) is 0 Å². The molecule has 37 heavy (non-hydrogen) atoms. The summed E-state index contributed by atoms with van der Waals surface area (Å²) in [5.41, 5.74) is 2.45. The Bertz CT molecular complexity index is 1440. The van der Waals surface area contributed by atoms with Gasteiger partial charge in [0.1, 0.15) is 22.1 Å². The second kappa shape index (κ2) is 11.7. The van der Waals surface area contributed by atoms with Gasteiger partial charge in [-0.2, -0.15) is 0 Å². The van der Waals surface area contributed by atoms with Crippen molar-refractivity contribution in [2.75, 3.05) is 32.4 Å². The molecule has 192 valence electrons. The molecule has 1 amide bonds. The van der Waals surface area contributed by atoms with Crippen LogP contribution in [-0.4, -0.2) is 53.7 Å². The maximum absolute atomic E-state index is 12.8. The molecule has 0 unspecified atom stereocenters. The van der Waals surface area contributed by atoms with E-state index < -0.39 is 5.97 Å². The van der Waals surface area contributed by atoms with Crippen molar-refractivity contribution in [2.24, 2.45) is 7.05 Å². The third kappa shape index (κ3) is 5.74. The van der Waals surface area contributed by atoms with Crippen LogP contribution < -0.4 is 14.8 Å². The molecule has 0 saturated carbocycles. The largest absolute Gasteiger partial charge is 0.497 e. The smallest absolute Gasteiger partial charge is 0.341 e. The van der Waals surface area contributed by atoms with E-state index in [1.54, 1.807) is 56.2 Å². The maximum atomic E-state index is 12.8. The summed E-state index contributed by atoms with van der Waals surface area (Å²) >= 11 is 8.62. The minimum absolute atomic E-state index is 0.0506. The lowest BCUT2D eigenvalue weighted by atomic mass is 10.0. The lowest BCUT2D eigenvalue weighted by molar-refractivity contribution is -0.113. The van der Waals surface area contributed by atoms with E-state index in [9.17, 15) is 9.59 Å². The molecule has 0 saturated heterocycles. The topological polar surface area (TPSA) is 105 Å². The van der Waals surface area contributed by atoms with Gasteiger partial charge in [-0.15, -0.1) is 21.5 Å². The van der Waals surface area contributed by atoms with Crippen molar-refractivity contribution in [1.82, 2.24) is 14.8 Å². The third-order valence-electron chi connectivity index (χ3n) is 5.40. The van der Waals surface area contributed by atoms with E-state index in [1.807, 2.05) is 17.5 Å². The Balaban J connectivity index is 1.50. The van der Waals surface area contributed by atoms with Crippen LogP contribution in [0.15, 0.2) is 53.0 Å². The van der Waals surface area contributed by atoms with E-state index in [1.165, 1.54) is 30.2 Å². The maximum Gasteiger partial charge on any atom is 0.341 e. The number of benzene rings is 2. The lowest BCUT2D eigenvalue weighted by Gasteiger charge is -2.09. The summed E-state index contributed by atoms with van der Waals surface area (Å²) in [6.07, 6.45) is 0. The Kier molecular flexibility index (Phi) is 8.37. The van der Waals surface area contributed by atoms with Crippen LogP contribution in [0.25, 0.3) is 22.5 Å². The number of carbonyl (C=O) groups excluding carboxylic acids is 2. The Morgan fingerprint density at radius 1 is 1.05 bits per heavy atom. The summed E-state index contributed by atoms with van der Waals surface area (Å²) in [7, 11) is 6.25. The summed E-state index contributed by atoms with van der Waals surface area (Å²) < 4.78 is 17.4. The number of ether oxygens (including phenoxy) is 3. The first kappa shape index (κ1) is 26.5. The lowest BCUT2D eigenvalue weighted by Crippen LogP contribution is -2.16. The molecule has 0 aliphatic heterocycles. The van der Waals surface area contributed by atoms with Gasteiger partial charge in [0.05, 0.1) is 32.6 Å². The van der Waals surface area contributed by atoms with Crippen molar-refractivity contribution in [1.29, 1.82) is 0 Å². The molecule has 0 aliphatic rings. The average Bonchev–Trinajstić information content (AvgIpc) is 3.50. The minimum atomic E-state index is -0.538. The van der Waals surface area contributed by atoms with Gasteiger partial charge in [0.2, 0.25) is 5.91 Å². The minimum Gasteiger partial charge on any atom is -0.497 e. The molecule has 0 aliphatic carbocycles. The van der Waals surface area contributed by atoms with Crippen LogP contribution in [0.3, 0.4) is 0 Å². The summed E-state index contributed by atoms with van der Waals surface area (Å²) in [4.78, 5) is 25.4. The first-order valence-corrected chi connectivity index (χ1v) is 13.1. The van der Waals surface area contributed by atoms with Crippen LogP contribution in [-0.2, 0) is 16.6 Å². The van der Waals surface area contributed by atoms with Crippen molar-refractivity contribution >= 4 is 51.6 Å². The van der Waals surface area contributed by atoms with Crippen LogP contribution in [0, 0.1) is 0 Å². The Hall–Kier alpha value is -3.54. The fourth-order valence-electron chi connectivity index (χ4n) is 3.56. The number of thioether (sulfide) groups is 1. The molecule has 0 spiro atoms. The number of nitrogens with one attached hydrogen (secondary N) is 1. The molecule has 2 aromatic carbocycles. The highest BCUT2D eigenvalue weighted by Gasteiger charge is 2.23. The quantitative estimate of drug-likeness (QED) is 0.215. The molecule has 0 atom stereocenters. The molecule has 2 aromatic heterocycles. The van der Waals surface area contributed by atoms with Gasteiger partial charge in [0.15, 0.2) is 11.0 Å². The highest BCUT2D eigenvalue weighted by Crippen LogP contribution is 2.37. The number of amides is 1. The van der Waals surface area contributed by atoms with Crippen LogP contribution >= 0.6 is 34.7 Å². The molecule has 4 aromatic rings. The SMILES string of the molecule is COC(=O)c1c(-c2ccc(OC)cc2)csc1NC(=O)CSc1nnc(-c2cc(Cl)ccc2OC)n1C. The number of carbonyl (C=O) groups is 2. The number of rotatable bonds is 9. The number of thiophene rings is 1. The van der Waals surface area contributed by atoms with Crippen molar-refractivity contribution in [2.45, 2.75) is 5.16 Å². The first-order chi connectivity index (χ1) is 17.9. The number of hydrogen-bond donors (Lipinski definition) is 1. The number of nitrogens with zero attached hydrogens (tertiary/aromatic N) is 3. The van der Waals surface area contributed by atoms with Crippen LogP contribution in [0.1, 0.15) is 10.4 Å². The standard InChI is InChI=1S/C25H23ClN4O5S2/c1-30-22(17-11-15(26)7-10-19(17)34-3)28-29-25(30)37-13-20(31)27-23-21(24(32)35-4)18(12-36-23)14-5-8-16(33-2)9-6-14/h5-12H,13H2,1-4H3,(H,27,31). The van der Waals surface area contributed by atoms with Gasteiger partial charge < -0.3 is 24.1 Å². The van der Waals surface area contributed by atoms with Crippen LogP contribution in [0.2, 0.25) is 5.02 Å². The van der Waals surface area contributed by atoms with Gasteiger partial charge in [0.25, 0.3) is 0 Å².